The molecule has 3 atom stereocenters. The Balaban J connectivity index is 1.51. The van der Waals surface area contributed by atoms with Crippen molar-refractivity contribution in [1.29, 1.82) is 0 Å². The Kier molecular flexibility index (Phi) is 4.06. The molecule has 0 amide bonds. The lowest BCUT2D eigenvalue weighted by molar-refractivity contribution is 0.158. The third-order valence-electron chi connectivity index (χ3n) is 5.93. The van der Waals surface area contributed by atoms with Crippen LogP contribution in [0, 0.1) is 5.92 Å². The van der Waals surface area contributed by atoms with E-state index in [0.717, 1.165) is 24.2 Å². The van der Waals surface area contributed by atoms with E-state index in [-0.39, 0.29) is 5.92 Å². The first-order valence-electron chi connectivity index (χ1n) is 9.55. The molecule has 1 saturated carbocycles. The van der Waals surface area contributed by atoms with Crippen LogP contribution in [0.4, 0.5) is 0 Å². The molecule has 3 unspecified atom stereocenters. The smallest absolute Gasteiger partial charge is 0.231 e. The van der Waals surface area contributed by atoms with Gasteiger partial charge in [0.1, 0.15) is 0 Å². The summed E-state index contributed by atoms with van der Waals surface area (Å²) >= 11 is 0. The second-order valence-electron chi connectivity index (χ2n) is 7.55. The summed E-state index contributed by atoms with van der Waals surface area (Å²) in [5.74, 6) is 2.68. The molecule has 3 aliphatic rings. The number of hydrogen-bond donors (Lipinski definition) is 1. The number of rotatable bonds is 4. The van der Waals surface area contributed by atoms with E-state index in [2.05, 4.69) is 59.0 Å². The number of nitrogens with one attached hydrogen (secondary N) is 1. The van der Waals surface area contributed by atoms with Crippen molar-refractivity contribution in [3.63, 3.8) is 0 Å². The Labute approximate surface area is 153 Å². The predicted octanol–water partition coefficient (Wildman–Crippen LogP) is 4.11. The van der Waals surface area contributed by atoms with Gasteiger partial charge in [0.05, 0.1) is 11.8 Å². The summed E-state index contributed by atoms with van der Waals surface area (Å²) in [6.45, 7) is 1.14. The minimum atomic E-state index is 0.00337. The van der Waals surface area contributed by atoms with Gasteiger partial charge in [-0.05, 0) is 42.9 Å². The fraction of sp³-hybridized carbons (Fsp3) is 0.364. The summed E-state index contributed by atoms with van der Waals surface area (Å²) in [5, 5.41) is 8.06. The number of hydrogen-bond acceptors (Lipinski definition) is 4. The zero-order valence-electron chi connectivity index (χ0n) is 14.7. The lowest BCUT2D eigenvalue weighted by atomic mass is 9.74. The van der Waals surface area contributed by atoms with Gasteiger partial charge in [0.15, 0.2) is 5.82 Å². The molecule has 3 heterocycles. The molecule has 2 saturated heterocycles. The highest BCUT2D eigenvalue weighted by Gasteiger charge is 2.39. The summed E-state index contributed by atoms with van der Waals surface area (Å²) in [6, 6.07) is 21.4. The maximum atomic E-state index is 5.78. The molecule has 2 bridgehead atoms. The van der Waals surface area contributed by atoms with Crippen LogP contribution >= 0.6 is 0 Å². The van der Waals surface area contributed by atoms with E-state index in [0.29, 0.717) is 12.0 Å². The van der Waals surface area contributed by atoms with Crippen LogP contribution in [0.5, 0.6) is 0 Å². The third-order valence-corrected chi connectivity index (χ3v) is 5.93. The number of piperidine rings is 2. The van der Waals surface area contributed by atoms with Gasteiger partial charge < -0.3 is 9.84 Å². The van der Waals surface area contributed by atoms with Gasteiger partial charge >= 0.3 is 0 Å². The number of benzene rings is 2. The van der Waals surface area contributed by atoms with Crippen LogP contribution in [0.15, 0.2) is 65.2 Å². The SMILES string of the molecule is c1ccc(C(c2ccccc2)c2noc(C3CC4CCC3NC4)n2)cc1. The van der Waals surface area contributed by atoms with Gasteiger partial charge in [-0.1, -0.05) is 65.8 Å². The normalized spacial score (nSPS) is 24.9. The van der Waals surface area contributed by atoms with Gasteiger partial charge in [-0.2, -0.15) is 4.98 Å². The van der Waals surface area contributed by atoms with Gasteiger partial charge in [0.2, 0.25) is 5.89 Å². The molecule has 1 aliphatic carbocycles. The van der Waals surface area contributed by atoms with Crippen LogP contribution in [-0.4, -0.2) is 22.7 Å². The maximum absolute atomic E-state index is 5.78. The van der Waals surface area contributed by atoms with Gasteiger partial charge in [-0.25, -0.2) is 0 Å². The minimum Gasteiger partial charge on any atom is -0.339 e. The molecule has 0 spiro atoms. The number of fused-ring (bicyclic) bond motifs is 3. The quantitative estimate of drug-likeness (QED) is 0.773. The third kappa shape index (κ3) is 2.84. The Morgan fingerprint density at radius 1 is 0.923 bits per heavy atom. The molecule has 4 heteroatoms. The molecule has 2 aliphatic heterocycles. The molecule has 3 fully saturated rings. The summed E-state index contributed by atoms with van der Waals surface area (Å²) < 4.78 is 5.78. The predicted molar refractivity (Wildman–Crippen MR) is 100.0 cm³/mol. The van der Waals surface area contributed by atoms with Crippen LogP contribution in [-0.2, 0) is 0 Å². The summed E-state index contributed by atoms with van der Waals surface area (Å²) in [4.78, 5) is 4.89. The van der Waals surface area contributed by atoms with Crippen molar-refractivity contribution in [3.8, 4) is 0 Å². The molecule has 2 aromatic carbocycles. The van der Waals surface area contributed by atoms with E-state index in [1.165, 1.54) is 30.4 Å². The van der Waals surface area contributed by atoms with Crippen molar-refractivity contribution in [3.05, 3.63) is 83.5 Å². The molecule has 6 rings (SSSR count). The summed E-state index contributed by atoms with van der Waals surface area (Å²) in [5.41, 5.74) is 2.38. The van der Waals surface area contributed by atoms with Crippen LogP contribution in [0.2, 0.25) is 0 Å². The van der Waals surface area contributed by atoms with E-state index in [1.807, 2.05) is 12.1 Å². The van der Waals surface area contributed by atoms with Gasteiger partial charge in [-0.3, -0.25) is 0 Å². The average Bonchev–Trinajstić information content (AvgIpc) is 3.20. The molecule has 132 valence electrons. The molecule has 4 nitrogen and oxygen atoms in total. The van der Waals surface area contributed by atoms with Crippen LogP contribution in [0.1, 0.15) is 53.9 Å². The van der Waals surface area contributed by atoms with E-state index >= 15 is 0 Å². The number of aromatic nitrogens is 2. The molecule has 3 aromatic rings. The molecule has 1 N–H and O–H groups in total. The average molecular weight is 345 g/mol. The van der Waals surface area contributed by atoms with Crippen molar-refractivity contribution in [2.75, 3.05) is 6.54 Å². The second-order valence-corrected chi connectivity index (χ2v) is 7.55. The Bertz CT molecular complexity index is 814. The standard InChI is InChI=1S/C22H23N3O/c1-3-7-16(8-4-1)20(17-9-5-2-6-10-17)21-24-22(26-25-21)18-13-15-11-12-19(18)23-14-15/h1-10,15,18-20,23H,11-14H2. The minimum absolute atomic E-state index is 0.00337. The Morgan fingerprint density at radius 3 is 2.15 bits per heavy atom. The van der Waals surface area contributed by atoms with E-state index in [1.54, 1.807) is 0 Å². The highest BCUT2D eigenvalue weighted by atomic mass is 16.5. The van der Waals surface area contributed by atoms with Crippen molar-refractivity contribution in [2.45, 2.75) is 37.1 Å². The molecular formula is C22H23N3O. The van der Waals surface area contributed by atoms with Crippen LogP contribution < -0.4 is 5.32 Å². The zero-order chi connectivity index (χ0) is 17.3. The zero-order valence-corrected chi connectivity index (χ0v) is 14.7. The highest BCUT2D eigenvalue weighted by Crippen LogP contribution is 2.40. The monoisotopic (exact) mass is 345 g/mol. The topological polar surface area (TPSA) is 51.0 Å². The first kappa shape index (κ1) is 15.8. The largest absolute Gasteiger partial charge is 0.339 e. The Morgan fingerprint density at radius 2 is 1.62 bits per heavy atom. The number of nitrogens with zero attached hydrogens (tertiary/aromatic N) is 2. The van der Waals surface area contributed by atoms with Gasteiger partial charge in [-0.15, -0.1) is 0 Å². The van der Waals surface area contributed by atoms with E-state index in [9.17, 15) is 0 Å². The van der Waals surface area contributed by atoms with Crippen molar-refractivity contribution >= 4 is 0 Å². The summed E-state index contributed by atoms with van der Waals surface area (Å²) in [7, 11) is 0. The van der Waals surface area contributed by atoms with Gasteiger partial charge in [0.25, 0.3) is 0 Å². The highest BCUT2D eigenvalue weighted by molar-refractivity contribution is 5.38. The lowest BCUT2D eigenvalue weighted by Gasteiger charge is -2.41. The van der Waals surface area contributed by atoms with Crippen molar-refractivity contribution in [1.82, 2.24) is 15.5 Å². The fourth-order valence-electron chi connectivity index (χ4n) is 4.58. The molecule has 0 radical (unpaired) electrons. The van der Waals surface area contributed by atoms with E-state index < -0.39 is 0 Å². The molecule has 1 aromatic heterocycles. The first-order chi connectivity index (χ1) is 12.9. The Hall–Kier alpha value is -2.46. The first-order valence-corrected chi connectivity index (χ1v) is 9.55. The molecule has 26 heavy (non-hydrogen) atoms. The van der Waals surface area contributed by atoms with Crippen LogP contribution in [0.25, 0.3) is 0 Å². The van der Waals surface area contributed by atoms with Gasteiger partial charge in [0, 0.05) is 6.04 Å². The van der Waals surface area contributed by atoms with Crippen LogP contribution in [0.3, 0.4) is 0 Å². The summed E-state index contributed by atoms with van der Waals surface area (Å²) in [6.07, 6.45) is 3.71. The van der Waals surface area contributed by atoms with E-state index in [4.69, 9.17) is 9.51 Å². The second kappa shape index (κ2) is 6.69. The van der Waals surface area contributed by atoms with Crippen molar-refractivity contribution in [2.24, 2.45) is 5.92 Å². The lowest BCUT2D eigenvalue weighted by Crippen LogP contribution is -2.49. The molecular weight excluding hydrogens is 322 g/mol. The fourth-order valence-corrected chi connectivity index (χ4v) is 4.58. The van der Waals surface area contributed by atoms with Crippen molar-refractivity contribution < 1.29 is 4.52 Å². The maximum Gasteiger partial charge on any atom is 0.231 e.